The zero-order valence-corrected chi connectivity index (χ0v) is 10.2. The summed E-state index contributed by atoms with van der Waals surface area (Å²) < 4.78 is 28.9. The van der Waals surface area contributed by atoms with Crippen molar-refractivity contribution in [1.29, 1.82) is 0 Å². The minimum absolute atomic E-state index is 0.0978. The SMILES string of the molecule is O=C(C1CCCOC1)C1CCCCS1(=O)=O. The molecule has 2 unspecified atom stereocenters. The van der Waals surface area contributed by atoms with Gasteiger partial charge in [-0.05, 0) is 25.7 Å². The Bertz CT molecular complexity index is 354. The highest BCUT2D eigenvalue weighted by Gasteiger charge is 2.38. The lowest BCUT2D eigenvalue weighted by molar-refractivity contribution is -0.126. The first-order valence-corrected chi connectivity index (χ1v) is 7.66. The second-order valence-corrected chi connectivity index (χ2v) is 6.97. The van der Waals surface area contributed by atoms with Gasteiger partial charge in [0.25, 0.3) is 0 Å². The molecule has 2 fully saturated rings. The summed E-state index contributed by atoms with van der Waals surface area (Å²) in [7, 11) is -3.18. The third-order valence-corrected chi connectivity index (χ3v) is 5.65. The van der Waals surface area contributed by atoms with Gasteiger partial charge in [-0.2, -0.15) is 0 Å². The molecule has 92 valence electrons. The highest BCUT2D eigenvalue weighted by molar-refractivity contribution is 7.92. The number of ether oxygens (including phenoxy) is 1. The fourth-order valence-corrected chi connectivity index (χ4v) is 4.47. The third-order valence-electron chi connectivity index (χ3n) is 3.46. The maximum Gasteiger partial charge on any atom is 0.160 e. The summed E-state index contributed by atoms with van der Waals surface area (Å²) in [5.41, 5.74) is 0. The van der Waals surface area contributed by atoms with E-state index in [1.807, 2.05) is 0 Å². The smallest absolute Gasteiger partial charge is 0.160 e. The molecule has 5 heteroatoms. The second-order valence-electron chi connectivity index (χ2n) is 4.67. The Kier molecular flexibility index (Phi) is 3.64. The molecule has 2 aliphatic rings. The van der Waals surface area contributed by atoms with Crippen LogP contribution in [0.15, 0.2) is 0 Å². The maximum absolute atomic E-state index is 12.1. The van der Waals surface area contributed by atoms with Crippen LogP contribution in [-0.4, -0.2) is 38.4 Å². The molecule has 4 nitrogen and oxygen atoms in total. The van der Waals surface area contributed by atoms with Gasteiger partial charge in [0, 0.05) is 12.5 Å². The number of rotatable bonds is 2. The van der Waals surface area contributed by atoms with Gasteiger partial charge in [0.15, 0.2) is 15.6 Å². The van der Waals surface area contributed by atoms with Crippen LogP contribution in [0, 0.1) is 5.92 Å². The Hall–Kier alpha value is -0.420. The zero-order valence-electron chi connectivity index (χ0n) is 9.35. The van der Waals surface area contributed by atoms with Gasteiger partial charge in [0.05, 0.1) is 12.4 Å². The highest BCUT2D eigenvalue weighted by Crippen LogP contribution is 2.26. The summed E-state index contributed by atoms with van der Waals surface area (Å²) in [5, 5.41) is -0.743. The van der Waals surface area contributed by atoms with E-state index in [0.717, 1.165) is 19.3 Å². The molecule has 16 heavy (non-hydrogen) atoms. The summed E-state index contributed by atoms with van der Waals surface area (Å²) in [6.45, 7) is 1.10. The van der Waals surface area contributed by atoms with Gasteiger partial charge in [-0.3, -0.25) is 4.79 Å². The Labute approximate surface area is 96.3 Å². The lowest BCUT2D eigenvalue weighted by Gasteiger charge is -2.27. The molecular weight excluding hydrogens is 228 g/mol. The molecule has 0 aromatic heterocycles. The van der Waals surface area contributed by atoms with Gasteiger partial charge in [-0.25, -0.2) is 8.42 Å². The predicted octanol–water partition coefficient (Wildman–Crippen LogP) is 0.949. The molecular formula is C11H18O4S. The van der Waals surface area contributed by atoms with Gasteiger partial charge in [-0.1, -0.05) is 6.42 Å². The lowest BCUT2D eigenvalue weighted by Crippen LogP contribution is -2.41. The van der Waals surface area contributed by atoms with Crippen molar-refractivity contribution >= 4 is 15.6 Å². The van der Waals surface area contributed by atoms with E-state index in [2.05, 4.69) is 0 Å². The van der Waals surface area contributed by atoms with Crippen LogP contribution in [0.1, 0.15) is 32.1 Å². The van der Waals surface area contributed by atoms with Gasteiger partial charge < -0.3 is 4.74 Å². The van der Waals surface area contributed by atoms with Crippen molar-refractivity contribution in [3.05, 3.63) is 0 Å². The van der Waals surface area contributed by atoms with Crippen LogP contribution in [0.5, 0.6) is 0 Å². The summed E-state index contributed by atoms with van der Waals surface area (Å²) in [6.07, 6.45) is 3.71. The highest BCUT2D eigenvalue weighted by atomic mass is 32.2. The minimum Gasteiger partial charge on any atom is -0.381 e. The van der Waals surface area contributed by atoms with Crippen molar-refractivity contribution in [2.75, 3.05) is 19.0 Å². The molecule has 0 spiro atoms. The van der Waals surface area contributed by atoms with Crippen LogP contribution in [-0.2, 0) is 19.4 Å². The lowest BCUT2D eigenvalue weighted by atomic mass is 9.93. The van der Waals surface area contributed by atoms with Crippen molar-refractivity contribution in [3.63, 3.8) is 0 Å². The fraction of sp³-hybridized carbons (Fsp3) is 0.909. The molecule has 0 N–H and O–H groups in total. The summed E-state index contributed by atoms with van der Waals surface area (Å²) in [6, 6.07) is 0. The van der Waals surface area contributed by atoms with E-state index in [0.29, 0.717) is 26.1 Å². The standard InChI is InChI=1S/C11H18O4S/c12-11(9-4-3-6-15-8-9)10-5-1-2-7-16(10,13)14/h9-10H,1-8H2. The van der Waals surface area contributed by atoms with E-state index >= 15 is 0 Å². The first kappa shape index (κ1) is 12.0. The van der Waals surface area contributed by atoms with Crippen molar-refractivity contribution in [2.24, 2.45) is 5.92 Å². The molecule has 0 bridgehead atoms. The number of sulfone groups is 1. The van der Waals surface area contributed by atoms with E-state index in [1.54, 1.807) is 0 Å². The molecule has 0 saturated carbocycles. The van der Waals surface area contributed by atoms with Crippen molar-refractivity contribution < 1.29 is 17.9 Å². The molecule has 0 radical (unpaired) electrons. The molecule has 2 aliphatic heterocycles. The number of hydrogen-bond acceptors (Lipinski definition) is 4. The topological polar surface area (TPSA) is 60.4 Å². The molecule has 2 rings (SSSR count). The molecule has 0 aliphatic carbocycles. The number of ketones is 1. The van der Waals surface area contributed by atoms with Gasteiger partial charge >= 0.3 is 0 Å². The van der Waals surface area contributed by atoms with E-state index < -0.39 is 15.1 Å². The molecule has 2 atom stereocenters. The average molecular weight is 246 g/mol. The van der Waals surface area contributed by atoms with Gasteiger partial charge in [0.2, 0.25) is 0 Å². The van der Waals surface area contributed by atoms with Crippen LogP contribution in [0.2, 0.25) is 0 Å². The monoisotopic (exact) mass is 246 g/mol. The van der Waals surface area contributed by atoms with Gasteiger partial charge in [0.1, 0.15) is 5.25 Å². The first-order valence-electron chi connectivity index (χ1n) is 5.94. The molecule has 2 heterocycles. The van der Waals surface area contributed by atoms with Crippen molar-refractivity contribution in [2.45, 2.75) is 37.4 Å². The van der Waals surface area contributed by atoms with E-state index in [4.69, 9.17) is 4.74 Å². The van der Waals surface area contributed by atoms with Crippen molar-refractivity contribution in [3.8, 4) is 0 Å². The average Bonchev–Trinajstić information content (AvgIpc) is 2.29. The van der Waals surface area contributed by atoms with Crippen molar-refractivity contribution in [1.82, 2.24) is 0 Å². The molecule has 0 aromatic rings. The molecule has 2 saturated heterocycles. The number of carbonyl (C=O) groups is 1. The quantitative estimate of drug-likeness (QED) is 0.728. The van der Waals surface area contributed by atoms with Gasteiger partial charge in [-0.15, -0.1) is 0 Å². The first-order chi connectivity index (χ1) is 7.61. The second kappa shape index (κ2) is 4.84. The summed E-state index contributed by atoms with van der Waals surface area (Å²) in [5.74, 6) is -0.109. The van der Waals surface area contributed by atoms with Crippen LogP contribution < -0.4 is 0 Å². The maximum atomic E-state index is 12.1. The largest absolute Gasteiger partial charge is 0.381 e. The number of hydrogen-bond donors (Lipinski definition) is 0. The Morgan fingerprint density at radius 2 is 1.94 bits per heavy atom. The Morgan fingerprint density at radius 1 is 1.12 bits per heavy atom. The predicted molar refractivity (Wildman–Crippen MR) is 60.0 cm³/mol. The fourth-order valence-electron chi connectivity index (χ4n) is 2.50. The van der Waals surface area contributed by atoms with E-state index in [1.165, 1.54) is 0 Å². The Morgan fingerprint density at radius 3 is 2.56 bits per heavy atom. The third kappa shape index (κ3) is 2.46. The van der Waals surface area contributed by atoms with Crippen LogP contribution in [0.3, 0.4) is 0 Å². The van der Waals surface area contributed by atoms with Crippen LogP contribution in [0.4, 0.5) is 0 Å². The normalized spacial score (nSPS) is 34.5. The summed E-state index contributed by atoms with van der Waals surface area (Å²) in [4.78, 5) is 12.1. The molecule has 0 amide bonds. The minimum atomic E-state index is -3.18. The number of carbonyl (C=O) groups excluding carboxylic acids is 1. The summed E-state index contributed by atoms with van der Waals surface area (Å²) >= 11 is 0. The Balaban J connectivity index is 2.07. The number of Topliss-reactive ketones (excluding diaryl/α,β-unsaturated/α-hetero) is 1. The van der Waals surface area contributed by atoms with E-state index in [9.17, 15) is 13.2 Å². The zero-order chi connectivity index (χ0) is 11.6. The van der Waals surface area contributed by atoms with Crippen LogP contribution >= 0.6 is 0 Å². The van der Waals surface area contributed by atoms with Crippen LogP contribution in [0.25, 0.3) is 0 Å². The van der Waals surface area contributed by atoms with E-state index in [-0.39, 0.29) is 17.5 Å². The molecule has 0 aromatic carbocycles.